The normalized spacial score (nSPS) is 13.0. The van der Waals surface area contributed by atoms with E-state index in [9.17, 15) is 4.89 Å². The number of hydrogen-bond acceptors (Lipinski definition) is 3. The van der Waals surface area contributed by atoms with Crippen molar-refractivity contribution >= 4 is 24.8 Å². The van der Waals surface area contributed by atoms with Gasteiger partial charge in [0.05, 0.1) is 13.2 Å². The maximum absolute atomic E-state index is 9.83. The van der Waals surface area contributed by atoms with Gasteiger partial charge in [-0.05, 0) is 12.8 Å². The molecule has 0 spiro atoms. The van der Waals surface area contributed by atoms with Gasteiger partial charge in [-0.2, -0.15) is 0 Å². The molecule has 0 radical (unpaired) electrons. The van der Waals surface area contributed by atoms with E-state index in [1.165, 1.54) is 49.9 Å². The summed E-state index contributed by atoms with van der Waals surface area (Å²) in [6, 6.07) is 5.39. The topological polar surface area (TPSA) is 38.7 Å². The zero-order chi connectivity index (χ0) is 18.5. The van der Waals surface area contributed by atoms with Crippen LogP contribution in [-0.2, 0) is 9.05 Å². The molecule has 0 aliphatic carbocycles. The third-order valence-corrected chi connectivity index (χ3v) is 12.4. The highest BCUT2D eigenvalue weighted by Gasteiger charge is 2.20. The van der Waals surface area contributed by atoms with Crippen molar-refractivity contribution in [2.75, 3.05) is 13.2 Å². The van der Waals surface area contributed by atoms with E-state index in [1.54, 1.807) is 0 Å². The van der Waals surface area contributed by atoms with Crippen LogP contribution in [-0.4, -0.2) is 34.3 Å². The number of unbranched alkanes of at least 4 members (excludes halogenated alkanes) is 2. The van der Waals surface area contributed by atoms with Gasteiger partial charge in [0.25, 0.3) is 0 Å². The Morgan fingerprint density at radius 3 is 1.33 bits per heavy atom. The van der Waals surface area contributed by atoms with E-state index < -0.39 is 24.8 Å². The van der Waals surface area contributed by atoms with Crippen LogP contribution in [0.4, 0.5) is 0 Å². The number of hydrogen-bond donors (Lipinski definition) is 1. The average molecular weight is 395 g/mol. The van der Waals surface area contributed by atoms with E-state index in [1.807, 2.05) is 0 Å². The molecule has 0 unspecified atom stereocenters. The molecule has 6 heteroatoms. The fourth-order valence-corrected chi connectivity index (χ4v) is 8.95. The van der Waals surface area contributed by atoms with Gasteiger partial charge in [-0.15, -0.1) is 0 Å². The summed E-state index contributed by atoms with van der Waals surface area (Å²) in [6.45, 7) is 15.7. The van der Waals surface area contributed by atoms with E-state index >= 15 is 0 Å². The molecule has 0 aromatic heterocycles. The zero-order valence-corrected chi connectivity index (χ0v) is 20.1. The Bertz CT molecular complexity index is 274. The van der Waals surface area contributed by atoms with Gasteiger partial charge in [-0.3, -0.25) is 0 Å². The van der Waals surface area contributed by atoms with Crippen molar-refractivity contribution in [2.45, 2.75) is 103 Å². The van der Waals surface area contributed by atoms with Gasteiger partial charge in [0, 0.05) is 16.1 Å². The third-order valence-electron chi connectivity index (χ3n) is 4.81. The molecule has 0 heterocycles. The standard InChI is InChI=1S/C18H43O3PSi2/c1-7-9-15-23(3,4)17-11-13-20-22(19)21-14-12-18-24(5,6)16-10-8-2/h19H,7-18H2,1-6H3. The van der Waals surface area contributed by atoms with Crippen molar-refractivity contribution in [1.82, 2.24) is 0 Å². The minimum Gasteiger partial charge on any atom is -0.328 e. The van der Waals surface area contributed by atoms with Crippen LogP contribution in [0.3, 0.4) is 0 Å². The van der Waals surface area contributed by atoms with Crippen LogP contribution in [0.2, 0.25) is 50.4 Å². The monoisotopic (exact) mass is 394 g/mol. The zero-order valence-electron chi connectivity index (χ0n) is 17.2. The fraction of sp³-hybridized carbons (Fsp3) is 1.00. The van der Waals surface area contributed by atoms with Gasteiger partial charge in [-0.25, -0.2) is 0 Å². The molecule has 1 N–H and O–H groups in total. The van der Waals surface area contributed by atoms with E-state index in [0.717, 1.165) is 12.8 Å². The lowest BCUT2D eigenvalue weighted by Crippen LogP contribution is -2.25. The van der Waals surface area contributed by atoms with Crippen molar-refractivity contribution in [3.63, 3.8) is 0 Å². The van der Waals surface area contributed by atoms with Gasteiger partial charge in [0.1, 0.15) is 0 Å². The Morgan fingerprint density at radius 1 is 0.667 bits per heavy atom. The molecule has 3 nitrogen and oxygen atoms in total. The van der Waals surface area contributed by atoms with Crippen LogP contribution in [0.25, 0.3) is 0 Å². The van der Waals surface area contributed by atoms with E-state index in [4.69, 9.17) is 9.05 Å². The predicted molar refractivity (Wildman–Crippen MR) is 114 cm³/mol. The predicted octanol–water partition coefficient (Wildman–Crippen LogP) is 7.04. The summed E-state index contributed by atoms with van der Waals surface area (Å²) in [5.41, 5.74) is 0. The second-order valence-corrected chi connectivity index (χ2v) is 20.3. The van der Waals surface area contributed by atoms with Crippen LogP contribution in [0.1, 0.15) is 52.4 Å². The summed E-state index contributed by atoms with van der Waals surface area (Å²) >= 11 is 0. The van der Waals surface area contributed by atoms with Crippen molar-refractivity contribution in [3.8, 4) is 0 Å². The highest BCUT2D eigenvalue weighted by atomic mass is 31.2. The molecule has 0 aromatic rings. The smallest absolute Gasteiger partial charge is 0.328 e. The second-order valence-electron chi connectivity index (χ2n) is 8.65. The molecule has 0 saturated carbocycles. The number of rotatable bonds is 16. The second kappa shape index (κ2) is 13.9. The lowest BCUT2D eigenvalue weighted by Gasteiger charge is -2.22. The Labute approximate surface area is 154 Å². The maximum atomic E-state index is 9.83. The van der Waals surface area contributed by atoms with Crippen LogP contribution in [0, 0.1) is 0 Å². The molecule has 0 fully saturated rings. The lowest BCUT2D eigenvalue weighted by molar-refractivity contribution is 0.200. The molecule has 0 aliphatic heterocycles. The summed E-state index contributed by atoms with van der Waals surface area (Å²) in [6.07, 6.45) is 7.41. The molecule has 0 rings (SSSR count). The summed E-state index contributed by atoms with van der Waals surface area (Å²) < 4.78 is 10.9. The SMILES string of the molecule is CCCC[Si](C)(C)CCCOP(O)OCCC[Si](C)(C)CCCC. The molecule has 0 aromatic carbocycles. The Kier molecular flexibility index (Phi) is 14.3. The Hall–Kier alpha value is 0.744. The molecule has 146 valence electrons. The van der Waals surface area contributed by atoms with Crippen molar-refractivity contribution in [1.29, 1.82) is 0 Å². The Balaban J connectivity index is 3.64. The first kappa shape index (κ1) is 24.7. The first-order valence-electron chi connectivity index (χ1n) is 9.97. The van der Waals surface area contributed by atoms with Gasteiger partial charge >= 0.3 is 8.60 Å². The summed E-state index contributed by atoms with van der Waals surface area (Å²) in [5.74, 6) is 0. The molecule has 0 aliphatic rings. The van der Waals surface area contributed by atoms with Crippen LogP contribution in [0.5, 0.6) is 0 Å². The van der Waals surface area contributed by atoms with E-state index in [2.05, 4.69) is 40.0 Å². The first-order chi connectivity index (χ1) is 11.2. The molecule has 0 bridgehead atoms. The molecular formula is C18H43O3PSi2. The summed E-state index contributed by atoms with van der Waals surface area (Å²) in [7, 11) is -3.77. The van der Waals surface area contributed by atoms with Crippen LogP contribution in [0.15, 0.2) is 0 Å². The van der Waals surface area contributed by atoms with Gasteiger partial charge in [0.2, 0.25) is 0 Å². The van der Waals surface area contributed by atoms with Crippen LogP contribution >= 0.6 is 8.60 Å². The first-order valence-corrected chi connectivity index (χ1v) is 17.9. The van der Waals surface area contributed by atoms with Gasteiger partial charge in [-0.1, -0.05) is 89.9 Å². The fourth-order valence-electron chi connectivity index (χ4n) is 2.98. The maximum Gasteiger partial charge on any atom is 0.329 e. The van der Waals surface area contributed by atoms with Crippen LogP contribution < -0.4 is 0 Å². The minimum atomic E-state index is -1.67. The van der Waals surface area contributed by atoms with E-state index in [-0.39, 0.29) is 0 Å². The van der Waals surface area contributed by atoms with Crippen molar-refractivity contribution in [2.24, 2.45) is 0 Å². The third kappa shape index (κ3) is 15.0. The minimum absolute atomic E-state index is 0.640. The highest BCUT2D eigenvalue weighted by Crippen LogP contribution is 2.34. The average Bonchev–Trinajstić information content (AvgIpc) is 2.52. The lowest BCUT2D eigenvalue weighted by atomic mass is 10.4. The Morgan fingerprint density at radius 2 is 1.00 bits per heavy atom. The molecule has 0 saturated heterocycles. The summed E-state index contributed by atoms with van der Waals surface area (Å²) in [4.78, 5) is 9.83. The molecule has 0 amide bonds. The largest absolute Gasteiger partial charge is 0.329 e. The van der Waals surface area contributed by atoms with Crippen molar-refractivity contribution in [3.05, 3.63) is 0 Å². The quantitative estimate of drug-likeness (QED) is 0.173. The van der Waals surface area contributed by atoms with Crippen molar-refractivity contribution < 1.29 is 13.9 Å². The highest BCUT2D eigenvalue weighted by molar-refractivity contribution is 7.40. The molecule has 24 heavy (non-hydrogen) atoms. The van der Waals surface area contributed by atoms with E-state index in [0.29, 0.717) is 13.2 Å². The molecule has 0 atom stereocenters. The van der Waals surface area contributed by atoms with Gasteiger partial charge in [0.15, 0.2) is 0 Å². The molecular weight excluding hydrogens is 351 g/mol. The van der Waals surface area contributed by atoms with Gasteiger partial charge < -0.3 is 13.9 Å². The summed E-state index contributed by atoms with van der Waals surface area (Å²) in [5, 5.41) is 0.